The van der Waals surface area contributed by atoms with E-state index >= 15 is 0 Å². The van der Waals surface area contributed by atoms with Crippen molar-refractivity contribution in [1.29, 1.82) is 0 Å². The summed E-state index contributed by atoms with van der Waals surface area (Å²) in [5, 5.41) is 20.0. The van der Waals surface area contributed by atoms with Crippen LogP contribution in [0.15, 0.2) is 30.3 Å². The van der Waals surface area contributed by atoms with Gasteiger partial charge in [0.25, 0.3) is 0 Å². The van der Waals surface area contributed by atoms with Crippen LogP contribution in [0.1, 0.15) is 27.8 Å². The molecule has 0 aliphatic carbocycles. The quantitative estimate of drug-likeness (QED) is 0.639. The molecule has 0 fully saturated rings. The van der Waals surface area contributed by atoms with E-state index in [1.54, 1.807) is 18.2 Å². The van der Waals surface area contributed by atoms with E-state index in [9.17, 15) is 15.1 Å². The number of aliphatic hydroxyl groups is 1. The van der Waals surface area contributed by atoms with Gasteiger partial charge >= 0.3 is 6.09 Å². The summed E-state index contributed by atoms with van der Waals surface area (Å²) < 4.78 is 10.4. The molecule has 0 aromatic heterocycles. The molecule has 0 saturated heterocycles. The van der Waals surface area contributed by atoms with Gasteiger partial charge in [-0.05, 0) is 55.2 Å². The Morgan fingerprint density at radius 1 is 1.12 bits per heavy atom. The zero-order valence-electron chi connectivity index (χ0n) is 14.9. The lowest BCUT2D eigenvalue weighted by Gasteiger charge is -2.20. The first kappa shape index (κ1) is 18.8. The number of aliphatic hydroxyl groups excluding tert-OH is 1. The number of ether oxygens (including phenoxy) is 2. The highest BCUT2D eigenvalue weighted by atomic mass is 16.6. The molecule has 0 spiro atoms. The van der Waals surface area contributed by atoms with Crippen LogP contribution in [-0.4, -0.2) is 23.5 Å². The minimum absolute atomic E-state index is 0.0868. The van der Waals surface area contributed by atoms with E-state index in [1.165, 1.54) is 12.7 Å². The van der Waals surface area contributed by atoms with E-state index in [-0.39, 0.29) is 18.9 Å². The fraction of sp³-hybridized carbons (Fsp3) is 0.316. The van der Waals surface area contributed by atoms with Gasteiger partial charge in [0.2, 0.25) is 0 Å². The van der Waals surface area contributed by atoms with Crippen LogP contribution in [0.3, 0.4) is 0 Å². The van der Waals surface area contributed by atoms with Gasteiger partial charge in [-0.1, -0.05) is 18.2 Å². The minimum Gasteiger partial charge on any atom is -0.489 e. The van der Waals surface area contributed by atoms with Gasteiger partial charge in [-0.25, -0.2) is 4.79 Å². The standard InChI is InChI=1S/C19H23NO5/c1-12-8-14(3)18(9-13(12)2)25-11-16-15(10-21)6-5-7-17(16)20(23)19(22)24-4/h5-9,21,23H,10-11H2,1-4H3. The molecule has 0 aliphatic rings. The Balaban J connectivity index is 2.35. The number of hydrogen-bond acceptors (Lipinski definition) is 5. The summed E-state index contributed by atoms with van der Waals surface area (Å²) in [6, 6.07) is 8.89. The molecule has 0 unspecified atom stereocenters. The Hall–Kier alpha value is -2.57. The molecule has 0 heterocycles. The third kappa shape index (κ3) is 4.10. The van der Waals surface area contributed by atoms with Gasteiger partial charge in [0.15, 0.2) is 0 Å². The second-order valence-corrected chi connectivity index (χ2v) is 5.85. The fourth-order valence-corrected chi connectivity index (χ4v) is 2.56. The predicted octanol–water partition coefficient (Wildman–Crippen LogP) is 3.65. The van der Waals surface area contributed by atoms with Crippen LogP contribution >= 0.6 is 0 Å². The van der Waals surface area contributed by atoms with Crippen molar-refractivity contribution in [3.63, 3.8) is 0 Å². The molecule has 6 heteroatoms. The molecule has 0 bridgehead atoms. The molecule has 2 aromatic rings. The molecule has 134 valence electrons. The van der Waals surface area contributed by atoms with E-state index in [4.69, 9.17) is 4.74 Å². The molecule has 0 aliphatic heterocycles. The summed E-state index contributed by atoms with van der Waals surface area (Å²) in [6.45, 7) is 5.83. The maximum absolute atomic E-state index is 11.6. The monoisotopic (exact) mass is 345 g/mol. The Bertz CT molecular complexity index is 773. The number of aryl methyl sites for hydroxylation is 3. The SMILES string of the molecule is COC(=O)N(O)c1cccc(CO)c1COc1cc(C)c(C)cc1C. The highest BCUT2D eigenvalue weighted by Crippen LogP contribution is 2.28. The number of rotatable bonds is 5. The van der Waals surface area contributed by atoms with Gasteiger partial charge < -0.3 is 14.6 Å². The average molecular weight is 345 g/mol. The van der Waals surface area contributed by atoms with Crippen molar-refractivity contribution in [2.45, 2.75) is 34.0 Å². The van der Waals surface area contributed by atoms with Gasteiger partial charge in [-0.3, -0.25) is 5.21 Å². The van der Waals surface area contributed by atoms with Gasteiger partial charge in [0.05, 0.1) is 19.4 Å². The Kier molecular flexibility index (Phi) is 6.01. The van der Waals surface area contributed by atoms with Crippen molar-refractivity contribution in [3.05, 3.63) is 58.1 Å². The predicted molar refractivity (Wildman–Crippen MR) is 94.0 cm³/mol. The molecule has 2 rings (SSSR count). The molecule has 0 radical (unpaired) electrons. The lowest BCUT2D eigenvalue weighted by molar-refractivity contribution is 0.140. The van der Waals surface area contributed by atoms with Crippen LogP contribution in [0.2, 0.25) is 0 Å². The van der Waals surface area contributed by atoms with Crippen molar-refractivity contribution in [2.75, 3.05) is 12.2 Å². The molecule has 25 heavy (non-hydrogen) atoms. The molecule has 0 saturated carbocycles. The van der Waals surface area contributed by atoms with E-state index in [0.717, 1.165) is 11.1 Å². The van der Waals surface area contributed by atoms with Crippen LogP contribution < -0.4 is 9.80 Å². The van der Waals surface area contributed by atoms with E-state index in [1.807, 2.05) is 32.9 Å². The number of benzene rings is 2. The van der Waals surface area contributed by atoms with Gasteiger partial charge in [0, 0.05) is 5.56 Å². The largest absolute Gasteiger partial charge is 0.489 e. The van der Waals surface area contributed by atoms with E-state index in [2.05, 4.69) is 4.74 Å². The maximum atomic E-state index is 11.6. The molecular weight excluding hydrogens is 322 g/mol. The summed E-state index contributed by atoms with van der Waals surface area (Å²) in [5.74, 6) is 0.712. The van der Waals surface area contributed by atoms with E-state index in [0.29, 0.717) is 21.9 Å². The lowest BCUT2D eigenvalue weighted by atomic mass is 10.0. The summed E-state index contributed by atoms with van der Waals surface area (Å²) in [5.41, 5.74) is 4.54. The summed E-state index contributed by atoms with van der Waals surface area (Å²) >= 11 is 0. The number of hydroxylamine groups is 1. The molecule has 6 nitrogen and oxygen atoms in total. The number of methoxy groups -OCH3 is 1. The Labute approximate surface area is 147 Å². The number of carbonyl (C=O) groups is 1. The average Bonchev–Trinajstić information content (AvgIpc) is 2.61. The van der Waals surface area contributed by atoms with Gasteiger partial charge in [-0.2, -0.15) is 5.06 Å². The van der Waals surface area contributed by atoms with Crippen molar-refractivity contribution < 1.29 is 24.6 Å². The van der Waals surface area contributed by atoms with Gasteiger partial charge in [0.1, 0.15) is 12.4 Å². The first-order valence-corrected chi connectivity index (χ1v) is 7.88. The summed E-state index contributed by atoms with van der Waals surface area (Å²) in [6.07, 6.45) is -0.918. The number of amides is 1. The van der Waals surface area contributed by atoms with Crippen LogP contribution in [0.4, 0.5) is 10.5 Å². The highest BCUT2D eigenvalue weighted by molar-refractivity contribution is 5.86. The molecular formula is C19H23NO5. The van der Waals surface area contributed by atoms with Crippen LogP contribution in [0, 0.1) is 20.8 Å². The van der Waals surface area contributed by atoms with E-state index < -0.39 is 6.09 Å². The normalized spacial score (nSPS) is 10.5. The number of hydrogen-bond donors (Lipinski definition) is 2. The second-order valence-electron chi connectivity index (χ2n) is 5.85. The Morgan fingerprint density at radius 2 is 1.80 bits per heavy atom. The summed E-state index contributed by atoms with van der Waals surface area (Å²) in [4.78, 5) is 11.6. The van der Waals surface area contributed by atoms with Crippen LogP contribution in [0.5, 0.6) is 5.75 Å². The maximum Gasteiger partial charge on any atom is 0.438 e. The lowest BCUT2D eigenvalue weighted by Crippen LogP contribution is -2.28. The van der Waals surface area contributed by atoms with Gasteiger partial charge in [-0.15, -0.1) is 0 Å². The fourth-order valence-electron chi connectivity index (χ4n) is 2.56. The molecule has 2 N–H and O–H groups in total. The van der Waals surface area contributed by atoms with Crippen molar-refractivity contribution in [3.8, 4) is 5.75 Å². The first-order chi connectivity index (χ1) is 11.9. The highest BCUT2D eigenvalue weighted by Gasteiger charge is 2.20. The number of carbonyl (C=O) groups excluding carboxylic acids is 1. The molecule has 0 atom stereocenters. The topological polar surface area (TPSA) is 79.2 Å². The van der Waals surface area contributed by atoms with Crippen molar-refractivity contribution in [1.82, 2.24) is 0 Å². The first-order valence-electron chi connectivity index (χ1n) is 7.88. The van der Waals surface area contributed by atoms with Crippen LogP contribution in [-0.2, 0) is 18.0 Å². The smallest absolute Gasteiger partial charge is 0.438 e. The third-order valence-electron chi connectivity index (χ3n) is 4.16. The Morgan fingerprint density at radius 3 is 2.44 bits per heavy atom. The zero-order chi connectivity index (χ0) is 18.6. The number of anilines is 1. The summed E-state index contributed by atoms with van der Waals surface area (Å²) in [7, 11) is 1.18. The second kappa shape index (κ2) is 8.00. The van der Waals surface area contributed by atoms with Crippen LogP contribution in [0.25, 0.3) is 0 Å². The van der Waals surface area contributed by atoms with Crippen molar-refractivity contribution in [2.24, 2.45) is 0 Å². The third-order valence-corrected chi connectivity index (χ3v) is 4.16. The molecule has 2 aromatic carbocycles. The molecule has 1 amide bonds. The van der Waals surface area contributed by atoms with Crippen molar-refractivity contribution >= 4 is 11.8 Å². The minimum atomic E-state index is -0.918. The number of nitrogens with zero attached hydrogens (tertiary/aromatic N) is 1. The zero-order valence-corrected chi connectivity index (χ0v) is 14.9.